The molecule has 0 saturated carbocycles. The van der Waals surface area contributed by atoms with Crippen molar-refractivity contribution in [2.45, 2.75) is 13.0 Å². The van der Waals surface area contributed by atoms with Crippen LogP contribution in [-0.2, 0) is 17.8 Å². The quantitative estimate of drug-likeness (QED) is 0.194. The van der Waals surface area contributed by atoms with Gasteiger partial charge in [-0.25, -0.2) is 4.90 Å². The molecule has 4 aromatic rings. The fraction of sp³-hybridized carbons (Fsp3) is 0.0571. The number of fused-ring (bicyclic) bond motifs is 1. The molecule has 0 unspecified atom stereocenters. The van der Waals surface area contributed by atoms with Gasteiger partial charge in [-0.3, -0.25) is 9.59 Å². The second-order valence-electron chi connectivity index (χ2n) is 9.42. The molecule has 0 aromatic heterocycles. The minimum absolute atomic E-state index is 0.367. The van der Waals surface area contributed by atoms with Gasteiger partial charge in [0.05, 0.1) is 17.1 Å². The number of carboxylic acid groups (broad SMARTS) is 1. The summed E-state index contributed by atoms with van der Waals surface area (Å²) in [6, 6.07) is 30.0. The Morgan fingerprint density at radius 1 is 0.732 bits per heavy atom. The molecule has 0 saturated heterocycles. The summed E-state index contributed by atoms with van der Waals surface area (Å²) < 4.78 is 6.05. The van der Waals surface area contributed by atoms with Crippen LogP contribution in [0.25, 0.3) is 18.2 Å². The Morgan fingerprint density at radius 3 is 2.07 bits per heavy atom. The molecule has 0 fully saturated rings. The van der Waals surface area contributed by atoms with E-state index >= 15 is 0 Å². The van der Waals surface area contributed by atoms with E-state index in [1.54, 1.807) is 36.4 Å². The van der Waals surface area contributed by atoms with Crippen molar-refractivity contribution in [2.75, 3.05) is 0 Å². The van der Waals surface area contributed by atoms with Gasteiger partial charge in [-0.2, -0.15) is 0 Å². The van der Waals surface area contributed by atoms with E-state index in [1.165, 1.54) is 12.3 Å². The van der Waals surface area contributed by atoms with Gasteiger partial charge in [0.25, 0.3) is 11.8 Å². The lowest BCUT2D eigenvalue weighted by atomic mass is 10.0. The first-order valence-corrected chi connectivity index (χ1v) is 13.1. The largest absolute Gasteiger partial charge is 0.545 e. The van der Waals surface area contributed by atoms with Gasteiger partial charge in [-0.15, -0.1) is 0 Å². The lowest BCUT2D eigenvalue weighted by Gasteiger charge is -2.10. The fourth-order valence-electron chi connectivity index (χ4n) is 4.53. The van der Waals surface area contributed by atoms with Crippen LogP contribution in [0.2, 0.25) is 0 Å². The number of para-hydroxylation sites is 1. The summed E-state index contributed by atoms with van der Waals surface area (Å²) in [5.41, 5.74) is 5.01. The van der Waals surface area contributed by atoms with Crippen LogP contribution >= 0.6 is 0 Å². The molecule has 0 aliphatic carbocycles. The van der Waals surface area contributed by atoms with Gasteiger partial charge in [0.2, 0.25) is 0 Å². The number of hydrogen-bond acceptors (Lipinski definition) is 5. The Hall–Kier alpha value is -5.49. The summed E-state index contributed by atoms with van der Waals surface area (Å²) in [6.45, 7) is 0.460. The van der Waals surface area contributed by atoms with Gasteiger partial charge in [0.15, 0.2) is 0 Å². The normalized spacial score (nSPS) is 13.0. The standard InChI is InChI=1S/C35H27NO5/c37-33(38)18-17-27-21-26(11-8-13-29-12-4-7-16-32(29)41-24-25-9-2-1-3-10-25)22-28(23-27)19-20-36-34(39)30-14-5-6-15-31(30)35(36)40/h1-10,12-23H,11,24H2,(H,37,38)/p-1/b13-8+,18-17+,20-19+. The number of carbonyl (C=O) groups is 3. The van der Waals surface area contributed by atoms with E-state index in [2.05, 4.69) is 0 Å². The van der Waals surface area contributed by atoms with E-state index in [4.69, 9.17) is 4.74 Å². The van der Waals surface area contributed by atoms with Crippen molar-refractivity contribution in [3.05, 3.63) is 154 Å². The van der Waals surface area contributed by atoms with Crippen molar-refractivity contribution in [1.29, 1.82) is 0 Å². The van der Waals surface area contributed by atoms with E-state index in [0.717, 1.165) is 33.4 Å². The Labute approximate surface area is 238 Å². The van der Waals surface area contributed by atoms with Crippen LogP contribution in [0.15, 0.2) is 115 Å². The number of imide groups is 1. The topological polar surface area (TPSA) is 86.7 Å². The van der Waals surface area contributed by atoms with E-state index < -0.39 is 5.97 Å². The molecule has 2 amide bonds. The number of nitrogens with zero attached hydrogens (tertiary/aromatic N) is 1. The van der Waals surface area contributed by atoms with Crippen molar-refractivity contribution in [2.24, 2.45) is 0 Å². The van der Waals surface area contributed by atoms with Crippen molar-refractivity contribution >= 4 is 36.0 Å². The first kappa shape index (κ1) is 27.1. The van der Waals surface area contributed by atoms with E-state index in [-0.39, 0.29) is 11.8 Å². The minimum Gasteiger partial charge on any atom is -0.545 e. The predicted molar refractivity (Wildman–Crippen MR) is 156 cm³/mol. The monoisotopic (exact) mass is 540 g/mol. The highest BCUT2D eigenvalue weighted by Gasteiger charge is 2.33. The highest BCUT2D eigenvalue weighted by atomic mass is 16.5. The maximum absolute atomic E-state index is 12.7. The molecule has 6 nitrogen and oxygen atoms in total. The Kier molecular flexibility index (Phi) is 8.31. The average Bonchev–Trinajstić information content (AvgIpc) is 3.23. The lowest BCUT2D eigenvalue weighted by molar-refractivity contribution is -0.297. The molecule has 6 heteroatoms. The van der Waals surface area contributed by atoms with Crippen LogP contribution in [-0.4, -0.2) is 22.7 Å². The fourth-order valence-corrected chi connectivity index (χ4v) is 4.53. The second-order valence-corrected chi connectivity index (χ2v) is 9.42. The lowest BCUT2D eigenvalue weighted by Crippen LogP contribution is -2.23. The Balaban J connectivity index is 1.34. The number of aliphatic carboxylic acids is 1. The Bertz CT molecular complexity index is 1650. The minimum atomic E-state index is -1.30. The molecule has 0 atom stereocenters. The summed E-state index contributed by atoms with van der Waals surface area (Å²) >= 11 is 0. The molecule has 1 aliphatic heterocycles. The van der Waals surface area contributed by atoms with Gasteiger partial charge in [0, 0.05) is 11.8 Å². The Morgan fingerprint density at radius 2 is 1.37 bits per heavy atom. The summed E-state index contributed by atoms with van der Waals surface area (Å²) in [7, 11) is 0. The summed E-state index contributed by atoms with van der Waals surface area (Å²) in [6.07, 6.45) is 10.1. The molecule has 0 N–H and O–H groups in total. The van der Waals surface area contributed by atoms with E-state index in [0.29, 0.717) is 35.3 Å². The van der Waals surface area contributed by atoms with Crippen LogP contribution in [0.4, 0.5) is 0 Å². The number of rotatable bonds is 10. The van der Waals surface area contributed by atoms with E-state index in [9.17, 15) is 19.5 Å². The summed E-state index contributed by atoms with van der Waals surface area (Å²) in [5.74, 6) is -1.30. The van der Waals surface area contributed by atoms with Crippen LogP contribution in [0, 0.1) is 0 Å². The zero-order chi connectivity index (χ0) is 28.6. The highest BCUT2D eigenvalue weighted by molar-refractivity contribution is 6.22. The molecule has 41 heavy (non-hydrogen) atoms. The predicted octanol–water partition coefficient (Wildman–Crippen LogP) is 5.55. The van der Waals surface area contributed by atoms with Crippen molar-refractivity contribution < 1.29 is 24.2 Å². The van der Waals surface area contributed by atoms with Gasteiger partial charge < -0.3 is 14.6 Å². The zero-order valence-corrected chi connectivity index (χ0v) is 22.1. The molecule has 4 aromatic carbocycles. The number of amides is 2. The second kappa shape index (κ2) is 12.6. The number of carbonyl (C=O) groups excluding carboxylic acids is 3. The first-order chi connectivity index (χ1) is 20.0. The highest BCUT2D eigenvalue weighted by Crippen LogP contribution is 2.24. The molecular weight excluding hydrogens is 514 g/mol. The number of carboxylic acids is 1. The molecule has 1 aliphatic rings. The molecule has 202 valence electrons. The molecule has 5 rings (SSSR count). The molecule has 1 heterocycles. The van der Waals surface area contributed by atoms with Crippen molar-refractivity contribution in [3.63, 3.8) is 0 Å². The van der Waals surface area contributed by atoms with Gasteiger partial charge in [-0.1, -0.05) is 91.0 Å². The first-order valence-electron chi connectivity index (χ1n) is 13.1. The van der Waals surface area contributed by atoms with E-state index in [1.807, 2.05) is 78.9 Å². The average molecular weight is 541 g/mol. The molecule has 0 radical (unpaired) electrons. The maximum Gasteiger partial charge on any atom is 0.265 e. The SMILES string of the molecule is O=C([O-])/C=C/c1cc(/C=C/N2C(=O)c3ccccc3C2=O)cc(C/C=C/c2ccccc2OCc2ccccc2)c1. The van der Waals surface area contributed by atoms with Crippen LogP contribution < -0.4 is 9.84 Å². The number of hydrogen-bond donors (Lipinski definition) is 0. The van der Waals surface area contributed by atoms with Gasteiger partial charge in [-0.05, 0) is 65.1 Å². The number of benzene rings is 4. The van der Waals surface area contributed by atoms with Gasteiger partial charge >= 0.3 is 0 Å². The smallest absolute Gasteiger partial charge is 0.265 e. The zero-order valence-electron chi connectivity index (χ0n) is 22.1. The molecule has 0 spiro atoms. The van der Waals surface area contributed by atoms with Crippen molar-refractivity contribution in [1.82, 2.24) is 4.90 Å². The summed E-state index contributed by atoms with van der Waals surface area (Å²) in [4.78, 5) is 37.5. The molecular formula is C35H26NO5-. The van der Waals surface area contributed by atoms with Crippen LogP contribution in [0.1, 0.15) is 48.5 Å². The third-order valence-electron chi connectivity index (χ3n) is 6.50. The van der Waals surface area contributed by atoms with Crippen molar-refractivity contribution in [3.8, 4) is 5.75 Å². The third kappa shape index (κ3) is 6.75. The summed E-state index contributed by atoms with van der Waals surface area (Å²) in [5, 5.41) is 11.0. The number of ether oxygens (including phenoxy) is 1. The third-order valence-corrected chi connectivity index (χ3v) is 6.50. The maximum atomic E-state index is 12.7. The van der Waals surface area contributed by atoms with Gasteiger partial charge in [0.1, 0.15) is 12.4 Å². The van der Waals surface area contributed by atoms with Crippen LogP contribution in [0.5, 0.6) is 5.75 Å². The van der Waals surface area contributed by atoms with Crippen LogP contribution in [0.3, 0.4) is 0 Å². The molecule has 0 bridgehead atoms. The number of allylic oxidation sites excluding steroid dienone is 1.